The molecule has 104 valence electrons. The highest BCUT2D eigenvalue weighted by molar-refractivity contribution is 6.32. The Kier molecular flexibility index (Phi) is 3.89. The van der Waals surface area contributed by atoms with Crippen molar-refractivity contribution < 1.29 is 4.79 Å². The molecule has 1 heterocycles. The minimum absolute atomic E-state index is 0.398. The molecule has 2 aromatic carbocycles. The van der Waals surface area contributed by atoms with Gasteiger partial charge in [0.05, 0.1) is 11.3 Å². The summed E-state index contributed by atoms with van der Waals surface area (Å²) in [5.74, 6) is 0. The van der Waals surface area contributed by atoms with Crippen molar-refractivity contribution in [1.29, 1.82) is 0 Å². The maximum Gasteiger partial charge on any atom is 0.153 e. The fourth-order valence-corrected chi connectivity index (χ4v) is 2.73. The maximum absolute atomic E-state index is 11.4. The van der Waals surface area contributed by atoms with Crippen LogP contribution in [0.5, 0.6) is 0 Å². The van der Waals surface area contributed by atoms with Crippen molar-refractivity contribution in [3.63, 3.8) is 0 Å². The number of H-pyrrole nitrogens is 1. The summed E-state index contributed by atoms with van der Waals surface area (Å²) >= 11 is 6.18. The molecule has 3 rings (SSSR count). The van der Waals surface area contributed by atoms with Gasteiger partial charge in [0, 0.05) is 6.42 Å². The number of hydrogen-bond donors (Lipinski definition) is 1. The normalized spacial score (nSPS) is 10.5. The molecule has 0 spiro atoms. The van der Waals surface area contributed by atoms with E-state index < -0.39 is 0 Å². The number of hydrogen-bond acceptors (Lipinski definition) is 1. The molecule has 0 fully saturated rings. The first-order valence-electron chi connectivity index (χ1n) is 6.74. The van der Waals surface area contributed by atoms with Gasteiger partial charge in [-0.15, -0.1) is 0 Å². The minimum Gasteiger partial charge on any atom is -0.345 e. The van der Waals surface area contributed by atoms with Crippen molar-refractivity contribution >= 4 is 17.9 Å². The first-order valence-corrected chi connectivity index (χ1v) is 7.12. The molecule has 3 heteroatoms. The van der Waals surface area contributed by atoms with E-state index in [1.807, 2.05) is 60.7 Å². The third-order valence-electron chi connectivity index (χ3n) is 3.50. The summed E-state index contributed by atoms with van der Waals surface area (Å²) in [6, 6.07) is 20.0. The Bertz CT molecular complexity index is 748. The van der Waals surface area contributed by atoms with Crippen LogP contribution in [0.2, 0.25) is 5.15 Å². The fraction of sp³-hybridized carbons (Fsp3) is 0.0556. The zero-order chi connectivity index (χ0) is 14.7. The molecule has 0 radical (unpaired) electrons. The number of carbonyl (C=O) groups excluding carboxylic acids is 1. The van der Waals surface area contributed by atoms with Crippen LogP contribution in [0, 0.1) is 0 Å². The Hall–Kier alpha value is -2.32. The summed E-state index contributed by atoms with van der Waals surface area (Å²) in [7, 11) is 0. The van der Waals surface area contributed by atoms with E-state index in [0.717, 1.165) is 28.7 Å². The zero-order valence-electron chi connectivity index (χ0n) is 11.3. The summed E-state index contributed by atoms with van der Waals surface area (Å²) in [5.41, 5.74) is 4.56. The molecule has 1 aromatic heterocycles. The Balaban J connectivity index is 2.11. The highest BCUT2D eigenvalue weighted by atomic mass is 35.5. The lowest BCUT2D eigenvalue weighted by Gasteiger charge is -2.06. The van der Waals surface area contributed by atoms with Crippen LogP contribution in [0.1, 0.15) is 21.5 Å². The maximum atomic E-state index is 11.4. The number of aldehydes is 1. The second kappa shape index (κ2) is 5.98. The zero-order valence-corrected chi connectivity index (χ0v) is 12.1. The standard InChI is InChI=1S/C18H14ClNO/c19-18-16(12-21)15(11-13-7-3-1-4-8-13)17(20-18)14-9-5-2-6-10-14/h1-10,12,20H,11H2. The van der Waals surface area contributed by atoms with Crippen molar-refractivity contribution in [2.75, 3.05) is 0 Å². The second-order valence-electron chi connectivity index (χ2n) is 4.85. The lowest BCUT2D eigenvalue weighted by molar-refractivity contribution is 0.112. The number of rotatable bonds is 4. The van der Waals surface area contributed by atoms with Crippen molar-refractivity contribution in [3.05, 3.63) is 82.5 Å². The molecule has 0 saturated carbocycles. The Labute approximate surface area is 128 Å². The smallest absolute Gasteiger partial charge is 0.153 e. The number of aromatic amines is 1. The molecule has 0 aliphatic heterocycles. The van der Waals surface area contributed by atoms with Crippen LogP contribution in [-0.4, -0.2) is 11.3 Å². The molecular weight excluding hydrogens is 282 g/mol. The predicted molar refractivity (Wildman–Crippen MR) is 85.9 cm³/mol. The largest absolute Gasteiger partial charge is 0.345 e. The minimum atomic E-state index is 0.398. The molecule has 1 N–H and O–H groups in total. The van der Waals surface area contributed by atoms with E-state index in [2.05, 4.69) is 4.98 Å². The summed E-state index contributed by atoms with van der Waals surface area (Å²) in [6.07, 6.45) is 1.49. The quantitative estimate of drug-likeness (QED) is 0.693. The molecule has 0 aliphatic carbocycles. The summed E-state index contributed by atoms with van der Waals surface area (Å²) in [5, 5.41) is 0.398. The Morgan fingerprint density at radius 1 is 0.952 bits per heavy atom. The Morgan fingerprint density at radius 3 is 2.19 bits per heavy atom. The number of halogens is 1. The number of benzene rings is 2. The van der Waals surface area contributed by atoms with Gasteiger partial charge in [-0.25, -0.2) is 0 Å². The summed E-state index contributed by atoms with van der Waals surface area (Å²) in [6.45, 7) is 0. The lowest BCUT2D eigenvalue weighted by Crippen LogP contribution is -1.93. The SMILES string of the molecule is O=Cc1c(Cl)[nH]c(-c2ccccc2)c1Cc1ccccc1. The van der Waals surface area contributed by atoms with Crippen molar-refractivity contribution in [1.82, 2.24) is 4.98 Å². The van der Waals surface area contributed by atoms with E-state index in [1.54, 1.807) is 0 Å². The van der Waals surface area contributed by atoms with Gasteiger partial charge in [0.25, 0.3) is 0 Å². The predicted octanol–water partition coefficient (Wildman–Crippen LogP) is 4.74. The van der Waals surface area contributed by atoms with E-state index >= 15 is 0 Å². The van der Waals surface area contributed by atoms with E-state index in [4.69, 9.17) is 11.6 Å². The van der Waals surface area contributed by atoms with E-state index in [-0.39, 0.29) is 0 Å². The van der Waals surface area contributed by atoms with Crippen LogP contribution in [0.15, 0.2) is 60.7 Å². The van der Waals surface area contributed by atoms with Gasteiger partial charge in [-0.3, -0.25) is 4.79 Å². The van der Waals surface area contributed by atoms with E-state index in [0.29, 0.717) is 17.1 Å². The second-order valence-corrected chi connectivity index (χ2v) is 5.23. The summed E-state index contributed by atoms with van der Waals surface area (Å²) in [4.78, 5) is 14.5. The molecule has 0 aliphatic rings. The van der Waals surface area contributed by atoms with Crippen LogP contribution in [0.3, 0.4) is 0 Å². The fourth-order valence-electron chi connectivity index (χ4n) is 2.48. The van der Waals surface area contributed by atoms with Crippen LogP contribution < -0.4 is 0 Å². The first kappa shape index (κ1) is 13.7. The van der Waals surface area contributed by atoms with E-state index in [1.165, 1.54) is 0 Å². The van der Waals surface area contributed by atoms with Crippen molar-refractivity contribution in [3.8, 4) is 11.3 Å². The molecule has 21 heavy (non-hydrogen) atoms. The van der Waals surface area contributed by atoms with Gasteiger partial charge in [0.15, 0.2) is 6.29 Å². The van der Waals surface area contributed by atoms with Gasteiger partial charge in [0.1, 0.15) is 5.15 Å². The third-order valence-corrected chi connectivity index (χ3v) is 3.80. The van der Waals surface area contributed by atoms with Crippen LogP contribution in [0.4, 0.5) is 0 Å². The molecule has 0 unspecified atom stereocenters. The van der Waals surface area contributed by atoms with Gasteiger partial charge in [-0.1, -0.05) is 72.3 Å². The molecule has 0 bridgehead atoms. The molecule has 0 amide bonds. The van der Waals surface area contributed by atoms with Gasteiger partial charge in [-0.05, 0) is 16.7 Å². The molecule has 0 atom stereocenters. The average Bonchev–Trinajstić information content (AvgIpc) is 2.85. The third kappa shape index (κ3) is 2.76. The first-order chi connectivity index (χ1) is 10.3. The Morgan fingerprint density at radius 2 is 1.57 bits per heavy atom. The van der Waals surface area contributed by atoms with Gasteiger partial charge in [-0.2, -0.15) is 0 Å². The van der Waals surface area contributed by atoms with Gasteiger partial charge >= 0.3 is 0 Å². The molecule has 0 saturated heterocycles. The molecule has 3 aromatic rings. The van der Waals surface area contributed by atoms with Crippen molar-refractivity contribution in [2.24, 2.45) is 0 Å². The van der Waals surface area contributed by atoms with Gasteiger partial charge < -0.3 is 4.98 Å². The molecule has 2 nitrogen and oxygen atoms in total. The number of nitrogens with one attached hydrogen (secondary N) is 1. The van der Waals surface area contributed by atoms with Gasteiger partial charge in [0.2, 0.25) is 0 Å². The highest BCUT2D eigenvalue weighted by Crippen LogP contribution is 2.31. The highest BCUT2D eigenvalue weighted by Gasteiger charge is 2.17. The van der Waals surface area contributed by atoms with Crippen LogP contribution >= 0.6 is 11.6 Å². The van der Waals surface area contributed by atoms with Crippen molar-refractivity contribution in [2.45, 2.75) is 6.42 Å². The lowest BCUT2D eigenvalue weighted by atomic mass is 9.98. The number of aromatic nitrogens is 1. The van der Waals surface area contributed by atoms with E-state index in [9.17, 15) is 4.79 Å². The molecular formula is C18H14ClNO. The van der Waals surface area contributed by atoms with Crippen LogP contribution in [-0.2, 0) is 6.42 Å². The number of carbonyl (C=O) groups is 1. The average molecular weight is 296 g/mol. The van der Waals surface area contributed by atoms with Crippen LogP contribution in [0.25, 0.3) is 11.3 Å². The monoisotopic (exact) mass is 295 g/mol. The summed E-state index contributed by atoms with van der Waals surface area (Å²) < 4.78 is 0. The topological polar surface area (TPSA) is 32.9 Å².